The SMILES string of the molecule is CC(C)(C)[Si](C)(C)OC1C[C@@H]2C[C@@H]2C1. The van der Waals surface area contributed by atoms with E-state index in [1.807, 2.05) is 0 Å². The van der Waals surface area contributed by atoms with E-state index >= 15 is 0 Å². The van der Waals surface area contributed by atoms with E-state index in [0.29, 0.717) is 11.1 Å². The fraction of sp³-hybridized carbons (Fsp3) is 1.00. The van der Waals surface area contributed by atoms with Gasteiger partial charge in [-0.3, -0.25) is 0 Å². The zero-order chi connectivity index (χ0) is 10.6. The molecule has 2 aliphatic rings. The van der Waals surface area contributed by atoms with Crippen LogP contribution in [0.2, 0.25) is 18.1 Å². The van der Waals surface area contributed by atoms with Gasteiger partial charge in [0.05, 0.1) is 0 Å². The monoisotopic (exact) mass is 212 g/mol. The summed E-state index contributed by atoms with van der Waals surface area (Å²) in [5.74, 6) is 2.09. The molecule has 0 aromatic carbocycles. The van der Waals surface area contributed by atoms with Gasteiger partial charge in [-0.2, -0.15) is 0 Å². The van der Waals surface area contributed by atoms with Crippen molar-refractivity contribution in [2.24, 2.45) is 11.8 Å². The quantitative estimate of drug-likeness (QED) is 0.633. The van der Waals surface area contributed by atoms with Crippen molar-refractivity contribution in [3.8, 4) is 0 Å². The van der Waals surface area contributed by atoms with Gasteiger partial charge in [0.15, 0.2) is 8.32 Å². The maximum Gasteiger partial charge on any atom is 0.192 e. The lowest BCUT2D eigenvalue weighted by Crippen LogP contribution is -2.43. The highest BCUT2D eigenvalue weighted by Crippen LogP contribution is 2.53. The second kappa shape index (κ2) is 3.08. The van der Waals surface area contributed by atoms with Crippen LogP contribution in [0.1, 0.15) is 40.0 Å². The largest absolute Gasteiger partial charge is 0.414 e. The van der Waals surface area contributed by atoms with Crippen molar-refractivity contribution in [3.05, 3.63) is 0 Å². The topological polar surface area (TPSA) is 9.23 Å². The average Bonchev–Trinajstić information content (AvgIpc) is 2.56. The predicted molar refractivity (Wildman–Crippen MR) is 62.9 cm³/mol. The molecule has 0 aromatic heterocycles. The molecule has 2 aliphatic carbocycles. The van der Waals surface area contributed by atoms with E-state index in [1.54, 1.807) is 0 Å². The van der Waals surface area contributed by atoms with E-state index in [4.69, 9.17) is 4.43 Å². The second-order valence-corrected chi connectivity index (χ2v) is 11.5. The summed E-state index contributed by atoms with van der Waals surface area (Å²) in [5, 5.41) is 0.375. The first kappa shape index (κ1) is 10.7. The molecule has 2 heteroatoms. The fourth-order valence-corrected chi connectivity index (χ4v) is 3.73. The first-order valence-electron chi connectivity index (χ1n) is 5.97. The third-order valence-corrected chi connectivity index (χ3v) is 9.00. The molecule has 3 atom stereocenters. The van der Waals surface area contributed by atoms with Crippen molar-refractivity contribution >= 4 is 8.32 Å². The molecule has 0 bridgehead atoms. The summed E-state index contributed by atoms with van der Waals surface area (Å²) in [7, 11) is -1.48. The lowest BCUT2D eigenvalue weighted by atomic mass is 10.2. The molecule has 0 spiro atoms. The molecule has 0 N–H and O–H groups in total. The minimum Gasteiger partial charge on any atom is -0.414 e. The highest BCUT2D eigenvalue weighted by atomic mass is 28.4. The van der Waals surface area contributed by atoms with Crippen LogP contribution in [0.3, 0.4) is 0 Å². The van der Waals surface area contributed by atoms with Gasteiger partial charge in [-0.25, -0.2) is 0 Å². The van der Waals surface area contributed by atoms with Crippen LogP contribution in [0.5, 0.6) is 0 Å². The third kappa shape index (κ3) is 1.92. The van der Waals surface area contributed by atoms with Gasteiger partial charge in [-0.15, -0.1) is 0 Å². The van der Waals surface area contributed by atoms with Crippen LogP contribution in [-0.4, -0.2) is 14.4 Å². The van der Waals surface area contributed by atoms with Crippen molar-refractivity contribution in [2.45, 2.75) is 64.3 Å². The normalized spacial score (nSPS) is 37.1. The van der Waals surface area contributed by atoms with Crippen molar-refractivity contribution in [3.63, 3.8) is 0 Å². The van der Waals surface area contributed by atoms with Gasteiger partial charge in [0.1, 0.15) is 0 Å². The summed E-state index contributed by atoms with van der Waals surface area (Å²) in [6, 6.07) is 0. The van der Waals surface area contributed by atoms with Crippen molar-refractivity contribution in [1.82, 2.24) is 0 Å². The Kier molecular flexibility index (Phi) is 2.35. The molecule has 1 unspecified atom stereocenters. The molecule has 14 heavy (non-hydrogen) atoms. The van der Waals surface area contributed by atoms with Gasteiger partial charge < -0.3 is 4.43 Å². The lowest BCUT2D eigenvalue weighted by Gasteiger charge is -2.38. The van der Waals surface area contributed by atoms with E-state index < -0.39 is 8.32 Å². The molecule has 0 amide bonds. The fourth-order valence-electron chi connectivity index (χ4n) is 2.35. The Morgan fingerprint density at radius 3 is 1.93 bits per heavy atom. The first-order valence-corrected chi connectivity index (χ1v) is 8.88. The minimum absolute atomic E-state index is 0.375. The second-order valence-electron chi connectivity index (χ2n) is 6.73. The Morgan fingerprint density at radius 1 is 1.00 bits per heavy atom. The smallest absolute Gasteiger partial charge is 0.192 e. The summed E-state index contributed by atoms with van der Waals surface area (Å²) in [5.41, 5.74) is 0. The Morgan fingerprint density at radius 2 is 1.50 bits per heavy atom. The van der Waals surface area contributed by atoms with Crippen LogP contribution in [0.15, 0.2) is 0 Å². The van der Waals surface area contributed by atoms with Gasteiger partial charge in [0.2, 0.25) is 0 Å². The van der Waals surface area contributed by atoms with E-state index in [1.165, 1.54) is 19.3 Å². The first-order chi connectivity index (χ1) is 6.29. The molecule has 2 fully saturated rings. The number of hydrogen-bond donors (Lipinski definition) is 0. The summed E-state index contributed by atoms with van der Waals surface area (Å²) in [4.78, 5) is 0. The maximum atomic E-state index is 6.40. The number of hydrogen-bond acceptors (Lipinski definition) is 1. The molecular formula is C12H24OSi. The van der Waals surface area contributed by atoms with E-state index in [9.17, 15) is 0 Å². The molecule has 2 rings (SSSR count). The molecule has 0 aliphatic heterocycles. The molecule has 0 radical (unpaired) electrons. The average molecular weight is 212 g/mol. The van der Waals surface area contributed by atoms with Crippen LogP contribution >= 0.6 is 0 Å². The highest BCUT2D eigenvalue weighted by Gasteiger charge is 2.49. The third-order valence-electron chi connectivity index (χ3n) is 4.47. The van der Waals surface area contributed by atoms with Crippen LogP contribution < -0.4 is 0 Å². The van der Waals surface area contributed by atoms with Crippen molar-refractivity contribution < 1.29 is 4.43 Å². The number of fused-ring (bicyclic) bond motifs is 1. The van der Waals surface area contributed by atoms with Crippen LogP contribution in [-0.2, 0) is 4.43 Å². The summed E-state index contributed by atoms with van der Waals surface area (Å²) in [6.07, 6.45) is 4.82. The van der Waals surface area contributed by atoms with Gasteiger partial charge in [-0.1, -0.05) is 20.8 Å². The lowest BCUT2D eigenvalue weighted by molar-refractivity contribution is 0.174. The van der Waals surface area contributed by atoms with Gasteiger partial charge >= 0.3 is 0 Å². The van der Waals surface area contributed by atoms with Crippen molar-refractivity contribution in [1.29, 1.82) is 0 Å². The molecule has 0 heterocycles. The molecule has 0 saturated heterocycles. The molecule has 82 valence electrons. The highest BCUT2D eigenvalue weighted by molar-refractivity contribution is 6.74. The summed E-state index contributed by atoms with van der Waals surface area (Å²) < 4.78 is 6.40. The van der Waals surface area contributed by atoms with E-state index in [0.717, 1.165) is 11.8 Å². The maximum absolute atomic E-state index is 6.40. The Hall–Kier alpha value is 0.177. The summed E-state index contributed by atoms with van der Waals surface area (Å²) in [6.45, 7) is 11.7. The van der Waals surface area contributed by atoms with Crippen LogP contribution in [0.4, 0.5) is 0 Å². The zero-order valence-electron chi connectivity index (χ0n) is 10.3. The Balaban J connectivity index is 1.90. The van der Waals surface area contributed by atoms with Crippen molar-refractivity contribution in [2.75, 3.05) is 0 Å². The van der Waals surface area contributed by atoms with Gasteiger partial charge in [0, 0.05) is 6.10 Å². The van der Waals surface area contributed by atoms with Crippen LogP contribution in [0, 0.1) is 11.8 Å². The molecule has 2 saturated carbocycles. The van der Waals surface area contributed by atoms with Crippen LogP contribution in [0.25, 0.3) is 0 Å². The standard InChI is InChI=1S/C12H24OSi/c1-12(2,3)14(4,5)13-11-7-9-6-10(9)8-11/h9-11H,6-8H2,1-5H3/t9-,10+,11?. The molecule has 0 aromatic rings. The predicted octanol–water partition coefficient (Wildman–Crippen LogP) is 3.81. The van der Waals surface area contributed by atoms with E-state index in [2.05, 4.69) is 33.9 Å². The Bertz CT molecular complexity index is 219. The van der Waals surface area contributed by atoms with E-state index in [-0.39, 0.29) is 0 Å². The number of rotatable bonds is 2. The van der Waals surface area contributed by atoms with Gasteiger partial charge in [-0.05, 0) is 49.2 Å². The summed E-state index contributed by atoms with van der Waals surface area (Å²) >= 11 is 0. The molecule has 1 nitrogen and oxygen atoms in total. The Labute approximate surface area is 89.4 Å². The zero-order valence-corrected chi connectivity index (χ0v) is 11.3. The van der Waals surface area contributed by atoms with Gasteiger partial charge in [0.25, 0.3) is 0 Å². The minimum atomic E-state index is -1.48. The molecular weight excluding hydrogens is 188 g/mol.